The Kier molecular flexibility index (Phi) is 7.98. The molecule has 4 atom stereocenters. The number of nitrogens with zero attached hydrogens (tertiary/aromatic N) is 2. The molecule has 46 heavy (non-hydrogen) atoms. The first-order valence-corrected chi connectivity index (χ1v) is 17.1. The Hall–Kier alpha value is -3.48. The highest BCUT2D eigenvalue weighted by atomic mass is 35.5. The van der Waals surface area contributed by atoms with Crippen LogP contribution in [-0.4, -0.2) is 84.0 Å². The van der Waals surface area contributed by atoms with Crippen LogP contribution in [-0.2, 0) is 29.7 Å². The minimum atomic E-state index is -4.41. The Morgan fingerprint density at radius 1 is 1.15 bits per heavy atom. The number of anilines is 1. The molecule has 0 radical (unpaired) electrons. The average molecular weight is 676 g/mol. The molecule has 2 bridgehead atoms. The van der Waals surface area contributed by atoms with Gasteiger partial charge in [-0.1, -0.05) is 23.7 Å². The standard InChI is InChI=1S/C33H40ClN3O8S/c1-32(2)30(38)35-46(40,41)23-9-12-28-26(17-23)37(19-33(20-43-28)13-15-42-29-16-22(34)8-11-25(29)33)18-21-7-10-24(21)27(6-5-14-44-32)45-31(39)36(3)4/h5-6,8-9,11-12,16-17,21,24,27H,7,10,13-15,18-20H2,1-4H3,(H,35,38)/b6-5+/t21-,24+,27-,33-/m0/s1/i14D2. The molecule has 2 amide bonds. The van der Waals surface area contributed by atoms with Gasteiger partial charge in [0.1, 0.15) is 23.2 Å². The van der Waals surface area contributed by atoms with Crippen LogP contribution in [0.1, 0.15) is 41.4 Å². The summed E-state index contributed by atoms with van der Waals surface area (Å²) >= 11 is 6.32. The fourth-order valence-electron chi connectivity index (χ4n) is 6.46. The molecule has 3 heterocycles. The molecule has 248 valence electrons. The lowest BCUT2D eigenvalue weighted by Gasteiger charge is -2.45. The van der Waals surface area contributed by atoms with Gasteiger partial charge in [0.05, 0.1) is 38.5 Å². The van der Waals surface area contributed by atoms with Gasteiger partial charge in [-0.2, -0.15) is 0 Å². The highest BCUT2D eigenvalue weighted by Crippen LogP contribution is 2.47. The van der Waals surface area contributed by atoms with Gasteiger partial charge in [0, 0.05) is 43.7 Å². The number of carbonyl (C=O) groups excluding carboxylic acids is 2. The van der Waals surface area contributed by atoms with Gasteiger partial charge in [-0.3, -0.25) is 4.79 Å². The van der Waals surface area contributed by atoms with Crippen molar-refractivity contribution >= 4 is 39.3 Å². The van der Waals surface area contributed by atoms with E-state index in [1.165, 1.54) is 37.0 Å². The molecule has 1 aliphatic carbocycles. The molecule has 4 aliphatic rings. The van der Waals surface area contributed by atoms with E-state index in [2.05, 4.69) is 9.62 Å². The van der Waals surface area contributed by atoms with Crippen molar-refractivity contribution in [3.05, 3.63) is 59.1 Å². The molecule has 1 N–H and O–H groups in total. The second-order valence-corrected chi connectivity index (χ2v) is 15.2. The summed E-state index contributed by atoms with van der Waals surface area (Å²) in [5.41, 5.74) is -0.947. The van der Waals surface area contributed by atoms with Crippen molar-refractivity contribution in [2.24, 2.45) is 11.8 Å². The molecule has 0 saturated heterocycles. The molecule has 2 aromatic carbocycles. The second kappa shape index (κ2) is 12.3. The normalized spacial score (nSPS) is 30.7. The zero-order valence-corrected chi connectivity index (χ0v) is 27.8. The van der Waals surface area contributed by atoms with Crippen LogP contribution >= 0.6 is 11.6 Å². The molecule has 1 saturated carbocycles. The lowest BCUT2D eigenvalue weighted by Crippen LogP contribution is -2.50. The van der Waals surface area contributed by atoms with Crippen LogP contribution < -0.4 is 19.1 Å². The zero-order chi connectivity index (χ0) is 34.6. The van der Waals surface area contributed by atoms with E-state index in [0.717, 1.165) is 18.1 Å². The van der Waals surface area contributed by atoms with Gasteiger partial charge in [-0.15, -0.1) is 0 Å². The van der Waals surface area contributed by atoms with E-state index in [1.807, 2.05) is 12.1 Å². The lowest BCUT2D eigenvalue weighted by atomic mass is 9.69. The summed E-state index contributed by atoms with van der Waals surface area (Å²) in [7, 11) is -1.26. The number of halogens is 1. The Labute approximate surface area is 277 Å². The second-order valence-electron chi connectivity index (χ2n) is 13.1. The van der Waals surface area contributed by atoms with Crippen LogP contribution in [0.25, 0.3) is 0 Å². The molecular formula is C33H40ClN3O8S. The molecule has 3 aliphatic heterocycles. The van der Waals surface area contributed by atoms with E-state index < -0.39 is 45.7 Å². The molecule has 1 fully saturated rings. The smallest absolute Gasteiger partial charge is 0.409 e. The summed E-state index contributed by atoms with van der Waals surface area (Å²) in [4.78, 5) is 29.3. The van der Waals surface area contributed by atoms with Crippen LogP contribution in [0.2, 0.25) is 5.02 Å². The van der Waals surface area contributed by atoms with Gasteiger partial charge in [0.25, 0.3) is 15.9 Å². The first-order valence-electron chi connectivity index (χ1n) is 16.3. The SMILES string of the molecule is [2H]C1([2H])/C=C/[C@H](OC(=O)N(C)C)[C@@H]2CC[C@H]2CN2C[C@@]3(CCOc4cc(Cl)ccc43)COc3ccc(cc32)S(=O)(=O)NC(=O)C(C)(C)O1. The number of rotatable bonds is 1. The molecule has 1 spiro atoms. The Bertz CT molecular complexity index is 1750. The van der Waals surface area contributed by atoms with Crippen LogP contribution in [0.4, 0.5) is 10.5 Å². The Morgan fingerprint density at radius 2 is 1.96 bits per heavy atom. The number of hydrogen-bond acceptors (Lipinski definition) is 9. The summed E-state index contributed by atoms with van der Waals surface area (Å²) in [5.74, 6) is -0.0886. The van der Waals surface area contributed by atoms with Crippen LogP contribution in [0, 0.1) is 11.8 Å². The van der Waals surface area contributed by atoms with Crippen molar-refractivity contribution in [2.75, 3.05) is 51.9 Å². The Morgan fingerprint density at radius 3 is 2.70 bits per heavy atom. The average Bonchev–Trinajstić information content (AvgIpc) is 3.13. The summed E-state index contributed by atoms with van der Waals surface area (Å²) in [6, 6.07) is 10.0. The summed E-state index contributed by atoms with van der Waals surface area (Å²) in [6.07, 6.45) is 3.36. The number of hydrogen-bond donors (Lipinski definition) is 1. The van der Waals surface area contributed by atoms with E-state index in [1.54, 1.807) is 26.2 Å². The number of ether oxygens (including phenoxy) is 4. The van der Waals surface area contributed by atoms with Crippen molar-refractivity contribution in [2.45, 2.75) is 55.1 Å². The number of amides is 2. The minimum absolute atomic E-state index is 0.0155. The predicted molar refractivity (Wildman–Crippen MR) is 172 cm³/mol. The van der Waals surface area contributed by atoms with Crippen LogP contribution in [0.3, 0.4) is 0 Å². The minimum Gasteiger partial charge on any atom is -0.493 e. The number of benzene rings is 2. The van der Waals surface area contributed by atoms with Crippen LogP contribution in [0.5, 0.6) is 11.5 Å². The maximum atomic E-state index is 13.6. The molecule has 11 nitrogen and oxygen atoms in total. The van der Waals surface area contributed by atoms with Gasteiger partial charge in [-0.25, -0.2) is 17.9 Å². The van der Waals surface area contributed by atoms with Crippen molar-refractivity contribution in [3.63, 3.8) is 0 Å². The van der Waals surface area contributed by atoms with Gasteiger partial charge in [-0.05, 0) is 75.4 Å². The number of sulfonamides is 1. The monoisotopic (exact) mass is 675 g/mol. The summed E-state index contributed by atoms with van der Waals surface area (Å²) < 4.78 is 70.1. The maximum Gasteiger partial charge on any atom is 0.409 e. The van der Waals surface area contributed by atoms with Gasteiger partial charge < -0.3 is 28.7 Å². The fourth-order valence-corrected chi connectivity index (χ4v) is 7.75. The van der Waals surface area contributed by atoms with Gasteiger partial charge in [0.2, 0.25) is 0 Å². The number of carbonyl (C=O) groups is 2. The third-order valence-electron chi connectivity index (χ3n) is 9.33. The van der Waals surface area contributed by atoms with E-state index in [9.17, 15) is 18.0 Å². The molecule has 0 unspecified atom stereocenters. The van der Waals surface area contributed by atoms with Crippen molar-refractivity contribution in [3.8, 4) is 11.5 Å². The van der Waals surface area contributed by atoms with E-state index in [-0.39, 0.29) is 16.7 Å². The molecule has 13 heteroatoms. The van der Waals surface area contributed by atoms with Gasteiger partial charge in [0.15, 0.2) is 0 Å². The van der Waals surface area contributed by atoms with Crippen molar-refractivity contribution < 1.29 is 39.7 Å². The highest BCUT2D eigenvalue weighted by molar-refractivity contribution is 7.90. The van der Waals surface area contributed by atoms with Crippen LogP contribution in [0.15, 0.2) is 53.4 Å². The highest BCUT2D eigenvalue weighted by Gasteiger charge is 2.46. The third-order valence-corrected chi connectivity index (χ3v) is 10.9. The van der Waals surface area contributed by atoms with E-state index >= 15 is 0 Å². The molecule has 2 aromatic rings. The first kappa shape index (κ1) is 29.9. The topological polar surface area (TPSA) is 124 Å². The zero-order valence-electron chi connectivity index (χ0n) is 28.2. The number of fused-ring (bicyclic) bond motifs is 4. The fraction of sp³-hybridized carbons (Fsp3) is 0.515. The first-order chi connectivity index (χ1) is 22.5. The Balaban J connectivity index is 1.46. The predicted octanol–water partition coefficient (Wildman–Crippen LogP) is 4.52. The van der Waals surface area contributed by atoms with E-state index in [4.69, 9.17) is 33.3 Å². The van der Waals surface area contributed by atoms with Gasteiger partial charge >= 0.3 is 6.09 Å². The summed E-state index contributed by atoms with van der Waals surface area (Å²) in [5, 5.41) is 0.548. The third kappa shape index (κ3) is 6.26. The van der Waals surface area contributed by atoms with E-state index in [0.29, 0.717) is 61.4 Å². The molecule has 0 aromatic heterocycles. The number of nitrogens with one attached hydrogen (secondary N) is 1. The van der Waals surface area contributed by atoms with Crippen molar-refractivity contribution in [1.29, 1.82) is 0 Å². The molecular weight excluding hydrogens is 634 g/mol. The quantitative estimate of drug-likeness (QED) is 0.435. The molecule has 6 rings (SSSR count). The largest absolute Gasteiger partial charge is 0.493 e. The lowest BCUT2D eigenvalue weighted by molar-refractivity contribution is -0.139. The van der Waals surface area contributed by atoms with Crippen molar-refractivity contribution in [1.82, 2.24) is 9.62 Å². The maximum absolute atomic E-state index is 13.6. The summed E-state index contributed by atoms with van der Waals surface area (Å²) in [6.45, 7) is 1.71.